The van der Waals surface area contributed by atoms with Crippen LogP contribution in [0.15, 0.2) is 24.3 Å². The summed E-state index contributed by atoms with van der Waals surface area (Å²) in [6, 6.07) is 5.95. The molecule has 6 heteroatoms. The molecule has 1 aromatic carbocycles. The van der Waals surface area contributed by atoms with Gasteiger partial charge in [-0.15, -0.1) is 0 Å². The normalized spacial score (nSPS) is 9.71. The third-order valence-corrected chi connectivity index (χ3v) is 2.20. The molecule has 92 valence electrons. The quantitative estimate of drug-likeness (QED) is 0.801. The van der Waals surface area contributed by atoms with Gasteiger partial charge in [0.25, 0.3) is 0 Å². The van der Waals surface area contributed by atoms with Crippen molar-refractivity contribution in [1.29, 1.82) is 0 Å². The smallest absolute Gasteiger partial charge is 0.319 e. The summed E-state index contributed by atoms with van der Waals surface area (Å²) in [5.41, 5.74) is 5.73. The number of carboxylic acid groups (broad SMARTS) is 1. The first-order chi connectivity index (χ1) is 8.04. The molecule has 0 heterocycles. The van der Waals surface area contributed by atoms with E-state index in [2.05, 4.69) is 0 Å². The first-order valence-corrected chi connectivity index (χ1v) is 4.97. The molecule has 6 nitrogen and oxygen atoms in total. The van der Waals surface area contributed by atoms with Crippen LogP contribution in [0, 0.1) is 0 Å². The van der Waals surface area contributed by atoms with Crippen molar-refractivity contribution in [2.75, 3.05) is 18.6 Å². The van der Waals surface area contributed by atoms with E-state index >= 15 is 0 Å². The van der Waals surface area contributed by atoms with Crippen LogP contribution in [0.2, 0.25) is 0 Å². The number of carboxylic acids is 1. The van der Waals surface area contributed by atoms with Gasteiger partial charge in [0.1, 0.15) is 5.75 Å². The van der Waals surface area contributed by atoms with E-state index in [0.717, 1.165) is 0 Å². The molecule has 2 amide bonds. The van der Waals surface area contributed by atoms with Gasteiger partial charge in [-0.1, -0.05) is 0 Å². The molecule has 0 aliphatic rings. The van der Waals surface area contributed by atoms with Gasteiger partial charge in [-0.05, 0) is 24.3 Å². The van der Waals surface area contributed by atoms with Crippen LogP contribution in [0.1, 0.15) is 6.42 Å². The number of rotatable bonds is 5. The first-order valence-electron chi connectivity index (χ1n) is 4.97. The number of primary amides is 1. The monoisotopic (exact) mass is 238 g/mol. The molecular formula is C11H14N2O4. The van der Waals surface area contributed by atoms with Gasteiger partial charge in [-0.2, -0.15) is 0 Å². The van der Waals surface area contributed by atoms with E-state index in [1.54, 1.807) is 24.3 Å². The SMILES string of the molecule is COc1ccc(N(CCC(=O)O)C(N)=O)cc1. The Kier molecular flexibility index (Phi) is 4.33. The Bertz CT molecular complexity index is 402. The summed E-state index contributed by atoms with van der Waals surface area (Å²) in [7, 11) is 1.53. The number of ether oxygens (including phenoxy) is 1. The summed E-state index contributed by atoms with van der Waals surface area (Å²) in [5, 5.41) is 8.57. The van der Waals surface area contributed by atoms with Crippen LogP contribution in [0.5, 0.6) is 5.75 Å². The lowest BCUT2D eigenvalue weighted by atomic mass is 10.2. The van der Waals surface area contributed by atoms with E-state index < -0.39 is 12.0 Å². The highest BCUT2D eigenvalue weighted by molar-refractivity contribution is 5.91. The summed E-state index contributed by atoms with van der Waals surface area (Å²) in [5.74, 6) is -0.332. The lowest BCUT2D eigenvalue weighted by molar-refractivity contribution is -0.136. The lowest BCUT2D eigenvalue weighted by Gasteiger charge is -2.19. The minimum Gasteiger partial charge on any atom is -0.497 e. The van der Waals surface area contributed by atoms with Crippen molar-refractivity contribution < 1.29 is 19.4 Å². The van der Waals surface area contributed by atoms with Crippen molar-refractivity contribution in [3.63, 3.8) is 0 Å². The molecular weight excluding hydrogens is 224 g/mol. The van der Waals surface area contributed by atoms with Crippen LogP contribution in [0.4, 0.5) is 10.5 Å². The molecule has 0 saturated carbocycles. The number of aliphatic carboxylic acids is 1. The first kappa shape index (κ1) is 12.8. The Balaban J connectivity index is 2.81. The van der Waals surface area contributed by atoms with Gasteiger partial charge in [0.05, 0.1) is 13.5 Å². The minimum absolute atomic E-state index is 0.0387. The third-order valence-electron chi connectivity index (χ3n) is 2.20. The van der Waals surface area contributed by atoms with Gasteiger partial charge in [0.15, 0.2) is 0 Å². The molecule has 0 aliphatic carbocycles. The molecule has 0 unspecified atom stereocenters. The number of carbonyl (C=O) groups is 2. The van der Waals surface area contributed by atoms with E-state index in [1.165, 1.54) is 12.0 Å². The highest BCUT2D eigenvalue weighted by Crippen LogP contribution is 2.19. The number of nitrogens with two attached hydrogens (primary N) is 1. The summed E-state index contributed by atoms with van der Waals surface area (Å²) < 4.78 is 4.98. The lowest BCUT2D eigenvalue weighted by Crippen LogP contribution is -2.37. The van der Waals surface area contributed by atoms with Crippen LogP contribution < -0.4 is 15.4 Å². The number of benzene rings is 1. The second kappa shape index (κ2) is 5.74. The van der Waals surface area contributed by atoms with Crippen molar-refractivity contribution in [1.82, 2.24) is 0 Å². The Morgan fingerprint density at radius 1 is 1.35 bits per heavy atom. The van der Waals surface area contributed by atoms with Crippen molar-refractivity contribution in [2.45, 2.75) is 6.42 Å². The fourth-order valence-electron chi connectivity index (χ4n) is 1.34. The molecule has 1 aromatic rings. The molecule has 0 spiro atoms. The largest absolute Gasteiger partial charge is 0.497 e. The number of urea groups is 1. The number of carbonyl (C=O) groups excluding carboxylic acids is 1. The molecule has 0 fully saturated rings. The van der Waals surface area contributed by atoms with Crippen LogP contribution >= 0.6 is 0 Å². The van der Waals surface area contributed by atoms with Crippen molar-refractivity contribution in [2.24, 2.45) is 5.73 Å². The van der Waals surface area contributed by atoms with Crippen LogP contribution in [-0.4, -0.2) is 30.8 Å². The molecule has 0 radical (unpaired) electrons. The van der Waals surface area contributed by atoms with E-state index in [9.17, 15) is 9.59 Å². The Hall–Kier alpha value is -2.24. The molecule has 0 atom stereocenters. The molecule has 0 aromatic heterocycles. The number of anilines is 1. The molecule has 1 rings (SSSR count). The zero-order valence-electron chi connectivity index (χ0n) is 9.42. The number of amides is 2. The summed E-state index contributed by atoms with van der Waals surface area (Å²) >= 11 is 0. The maximum atomic E-state index is 11.2. The Labute approximate surface area is 98.6 Å². The van der Waals surface area contributed by atoms with Crippen molar-refractivity contribution >= 4 is 17.7 Å². The summed E-state index contributed by atoms with van der Waals surface area (Å²) in [6.45, 7) is 0.0387. The third kappa shape index (κ3) is 3.67. The fraction of sp³-hybridized carbons (Fsp3) is 0.273. The van der Waals surface area contributed by atoms with Crippen LogP contribution in [0.25, 0.3) is 0 Å². The second-order valence-corrected chi connectivity index (χ2v) is 3.33. The summed E-state index contributed by atoms with van der Waals surface area (Å²) in [6.07, 6.45) is -0.158. The molecule has 17 heavy (non-hydrogen) atoms. The minimum atomic E-state index is -0.982. The predicted octanol–water partition coefficient (Wildman–Crippen LogP) is 1.05. The fourth-order valence-corrected chi connectivity index (χ4v) is 1.34. The zero-order valence-corrected chi connectivity index (χ0v) is 9.42. The highest BCUT2D eigenvalue weighted by Gasteiger charge is 2.13. The van der Waals surface area contributed by atoms with Gasteiger partial charge in [-0.3, -0.25) is 9.69 Å². The molecule has 3 N–H and O–H groups in total. The average molecular weight is 238 g/mol. The summed E-state index contributed by atoms with van der Waals surface area (Å²) in [4.78, 5) is 22.9. The maximum absolute atomic E-state index is 11.2. The number of nitrogens with zero attached hydrogens (tertiary/aromatic N) is 1. The maximum Gasteiger partial charge on any atom is 0.319 e. The highest BCUT2D eigenvalue weighted by atomic mass is 16.5. The van der Waals surface area contributed by atoms with Crippen molar-refractivity contribution in [3.8, 4) is 5.75 Å². The topological polar surface area (TPSA) is 92.9 Å². The van der Waals surface area contributed by atoms with Crippen LogP contribution in [-0.2, 0) is 4.79 Å². The number of hydrogen-bond donors (Lipinski definition) is 2. The second-order valence-electron chi connectivity index (χ2n) is 3.33. The van der Waals surface area contributed by atoms with Gasteiger partial charge >= 0.3 is 12.0 Å². The molecule has 0 saturated heterocycles. The van der Waals surface area contributed by atoms with Crippen LogP contribution in [0.3, 0.4) is 0 Å². The Morgan fingerprint density at radius 2 is 1.94 bits per heavy atom. The van der Waals surface area contributed by atoms with E-state index in [0.29, 0.717) is 11.4 Å². The number of hydrogen-bond acceptors (Lipinski definition) is 3. The van der Waals surface area contributed by atoms with E-state index in [1.807, 2.05) is 0 Å². The van der Waals surface area contributed by atoms with Gasteiger partial charge in [0, 0.05) is 12.2 Å². The predicted molar refractivity (Wildman–Crippen MR) is 62.2 cm³/mol. The van der Waals surface area contributed by atoms with E-state index in [4.69, 9.17) is 15.6 Å². The zero-order chi connectivity index (χ0) is 12.8. The van der Waals surface area contributed by atoms with Gasteiger partial charge in [0.2, 0.25) is 0 Å². The standard InChI is InChI=1S/C11H14N2O4/c1-17-9-4-2-8(3-5-9)13(11(12)16)7-6-10(14)15/h2-5H,6-7H2,1H3,(H2,12,16)(H,14,15). The number of methoxy groups -OCH3 is 1. The van der Waals surface area contributed by atoms with Gasteiger partial charge < -0.3 is 15.6 Å². The molecule has 0 bridgehead atoms. The van der Waals surface area contributed by atoms with Crippen molar-refractivity contribution in [3.05, 3.63) is 24.3 Å². The van der Waals surface area contributed by atoms with Gasteiger partial charge in [-0.25, -0.2) is 4.79 Å². The van der Waals surface area contributed by atoms with E-state index in [-0.39, 0.29) is 13.0 Å². The molecule has 0 aliphatic heterocycles. The Morgan fingerprint density at radius 3 is 2.35 bits per heavy atom. The average Bonchev–Trinajstić information content (AvgIpc) is 2.29.